The maximum atomic E-state index is 12.0. The standard InChI is InChI=1S/C16H23NO2/c1-17(14-9-5-6-10-16(14)19)12-11-15(18)13-7-3-2-4-8-13/h2-4,7-8,14,16,19H,5-6,9-12H2,1H3. The molecule has 1 aromatic carbocycles. The molecule has 1 N–H and O–H groups in total. The molecule has 1 saturated carbocycles. The van der Waals surface area contributed by atoms with Gasteiger partial charge in [0.2, 0.25) is 0 Å². The quantitative estimate of drug-likeness (QED) is 0.828. The van der Waals surface area contributed by atoms with E-state index in [1.165, 1.54) is 6.42 Å². The molecule has 3 nitrogen and oxygen atoms in total. The van der Waals surface area contributed by atoms with Crippen molar-refractivity contribution in [1.29, 1.82) is 0 Å². The summed E-state index contributed by atoms with van der Waals surface area (Å²) in [6.45, 7) is 0.718. The lowest BCUT2D eigenvalue weighted by molar-refractivity contribution is 0.0315. The van der Waals surface area contributed by atoms with Crippen molar-refractivity contribution in [1.82, 2.24) is 4.90 Å². The third kappa shape index (κ3) is 3.88. The van der Waals surface area contributed by atoms with Crippen LogP contribution < -0.4 is 0 Å². The van der Waals surface area contributed by atoms with Crippen molar-refractivity contribution in [3.05, 3.63) is 35.9 Å². The van der Waals surface area contributed by atoms with Crippen molar-refractivity contribution in [3.63, 3.8) is 0 Å². The molecule has 0 bridgehead atoms. The lowest BCUT2D eigenvalue weighted by Crippen LogP contribution is -2.44. The summed E-state index contributed by atoms with van der Waals surface area (Å²) in [5.74, 6) is 0.178. The lowest BCUT2D eigenvalue weighted by atomic mass is 9.91. The van der Waals surface area contributed by atoms with E-state index in [2.05, 4.69) is 4.90 Å². The zero-order chi connectivity index (χ0) is 13.7. The first-order valence-electron chi connectivity index (χ1n) is 7.15. The third-order valence-corrected chi connectivity index (χ3v) is 4.05. The largest absolute Gasteiger partial charge is 0.391 e. The number of hydrogen-bond donors (Lipinski definition) is 1. The number of benzene rings is 1. The number of hydrogen-bond acceptors (Lipinski definition) is 3. The molecule has 0 heterocycles. The van der Waals surface area contributed by atoms with Gasteiger partial charge in [0.25, 0.3) is 0 Å². The van der Waals surface area contributed by atoms with Crippen LogP contribution >= 0.6 is 0 Å². The van der Waals surface area contributed by atoms with Gasteiger partial charge in [-0.3, -0.25) is 4.79 Å². The Hall–Kier alpha value is -1.19. The highest BCUT2D eigenvalue weighted by Crippen LogP contribution is 2.22. The molecule has 0 aliphatic heterocycles. The van der Waals surface area contributed by atoms with Gasteiger partial charge in [-0.15, -0.1) is 0 Å². The van der Waals surface area contributed by atoms with E-state index >= 15 is 0 Å². The molecule has 0 amide bonds. The van der Waals surface area contributed by atoms with Crippen molar-refractivity contribution in [2.75, 3.05) is 13.6 Å². The number of carbonyl (C=O) groups excluding carboxylic acids is 1. The Kier molecular flexibility index (Phi) is 5.11. The van der Waals surface area contributed by atoms with Gasteiger partial charge in [0.05, 0.1) is 6.10 Å². The van der Waals surface area contributed by atoms with E-state index in [0.717, 1.165) is 31.4 Å². The lowest BCUT2D eigenvalue weighted by Gasteiger charge is -2.35. The summed E-state index contributed by atoms with van der Waals surface area (Å²) in [6, 6.07) is 9.64. The number of likely N-dealkylation sites (N-methyl/N-ethyl adjacent to an activating group) is 1. The number of aliphatic hydroxyl groups excluding tert-OH is 1. The van der Waals surface area contributed by atoms with Crippen molar-refractivity contribution < 1.29 is 9.90 Å². The summed E-state index contributed by atoms with van der Waals surface area (Å²) in [5.41, 5.74) is 0.778. The summed E-state index contributed by atoms with van der Waals surface area (Å²) < 4.78 is 0. The van der Waals surface area contributed by atoms with E-state index in [-0.39, 0.29) is 17.9 Å². The molecule has 1 aliphatic carbocycles. The van der Waals surface area contributed by atoms with Gasteiger partial charge in [0, 0.05) is 24.6 Å². The Balaban J connectivity index is 1.83. The molecule has 2 unspecified atom stereocenters. The van der Waals surface area contributed by atoms with E-state index in [4.69, 9.17) is 0 Å². The van der Waals surface area contributed by atoms with E-state index in [0.29, 0.717) is 6.42 Å². The summed E-state index contributed by atoms with van der Waals surface area (Å²) >= 11 is 0. The van der Waals surface area contributed by atoms with E-state index < -0.39 is 0 Å². The topological polar surface area (TPSA) is 40.5 Å². The van der Waals surface area contributed by atoms with Crippen molar-refractivity contribution in [2.45, 2.75) is 44.2 Å². The second-order valence-electron chi connectivity index (χ2n) is 5.44. The summed E-state index contributed by atoms with van der Waals surface area (Å²) in [7, 11) is 2.01. The molecule has 0 radical (unpaired) electrons. The number of Topliss-reactive ketones (excluding diaryl/α,β-unsaturated/α-hetero) is 1. The van der Waals surface area contributed by atoms with Crippen LogP contribution in [0.15, 0.2) is 30.3 Å². The van der Waals surface area contributed by atoms with Crippen LogP contribution in [0.2, 0.25) is 0 Å². The van der Waals surface area contributed by atoms with Gasteiger partial charge < -0.3 is 10.0 Å². The smallest absolute Gasteiger partial charge is 0.164 e. The average Bonchev–Trinajstić information content (AvgIpc) is 2.46. The molecule has 104 valence electrons. The molecule has 2 atom stereocenters. The number of nitrogens with zero attached hydrogens (tertiary/aromatic N) is 1. The van der Waals surface area contributed by atoms with Gasteiger partial charge in [0.1, 0.15) is 0 Å². The second kappa shape index (κ2) is 6.83. The molecule has 0 saturated heterocycles. The monoisotopic (exact) mass is 261 g/mol. The molecule has 1 aromatic rings. The Morgan fingerprint density at radius 3 is 2.63 bits per heavy atom. The molecule has 0 aromatic heterocycles. The predicted molar refractivity (Wildman–Crippen MR) is 76.3 cm³/mol. The minimum absolute atomic E-state index is 0.178. The van der Waals surface area contributed by atoms with Gasteiger partial charge in [-0.25, -0.2) is 0 Å². The number of aliphatic hydroxyl groups is 1. The molecule has 2 rings (SSSR count). The maximum Gasteiger partial charge on any atom is 0.164 e. The maximum absolute atomic E-state index is 12.0. The minimum Gasteiger partial charge on any atom is -0.391 e. The SMILES string of the molecule is CN(CCC(=O)c1ccccc1)C1CCCCC1O. The van der Waals surface area contributed by atoms with Crippen LogP contribution in [-0.2, 0) is 0 Å². The average molecular weight is 261 g/mol. The normalized spacial score (nSPS) is 23.5. The Morgan fingerprint density at radius 2 is 1.95 bits per heavy atom. The molecule has 3 heteroatoms. The first-order chi connectivity index (χ1) is 9.18. The van der Waals surface area contributed by atoms with E-state index in [1.807, 2.05) is 37.4 Å². The van der Waals surface area contributed by atoms with Crippen molar-refractivity contribution in [3.8, 4) is 0 Å². The van der Waals surface area contributed by atoms with E-state index in [1.54, 1.807) is 0 Å². The number of carbonyl (C=O) groups is 1. The van der Waals surface area contributed by atoms with Crippen LogP contribution in [-0.4, -0.2) is 41.5 Å². The van der Waals surface area contributed by atoms with Crippen LogP contribution in [0.1, 0.15) is 42.5 Å². The van der Waals surface area contributed by atoms with Gasteiger partial charge >= 0.3 is 0 Å². The minimum atomic E-state index is -0.231. The van der Waals surface area contributed by atoms with Gasteiger partial charge in [-0.1, -0.05) is 43.2 Å². The Morgan fingerprint density at radius 1 is 1.26 bits per heavy atom. The predicted octanol–water partition coefficient (Wildman–Crippen LogP) is 2.49. The fourth-order valence-corrected chi connectivity index (χ4v) is 2.82. The Labute approximate surface area is 115 Å². The zero-order valence-electron chi connectivity index (χ0n) is 11.6. The van der Waals surface area contributed by atoms with Crippen molar-refractivity contribution >= 4 is 5.78 Å². The molecule has 1 fully saturated rings. The van der Waals surface area contributed by atoms with Gasteiger partial charge in [0.15, 0.2) is 5.78 Å². The number of rotatable bonds is 5. The van der Waals surface area contributed by atoms with E-state index in [9.17, 15) is 9.90 Å². The van der Waals surface area contributed by atoms with Crippen LogP contribution in [0, 0.1) is 0 Å². The Bertz CT molecular complexity index is 404. The first kappa shape index (κ1) is 14.2. The van der Waals surface area contributed by atoms with Crippen LogP contribution in [0.5, 0.6) is 0 Å². The molecular weight excluding hydrogens is 238 g/mol. The zero-order valence-corrected chi connectivity index (χ0v) is 11.6. The van der Waals surface area contributed by atoms with Crippen LogP contribution in [0.25, 0.3) is 0 Å². The highest BCUT2D eigenvalue weighted by molar-refractivity contribution is 5.96. The highest BCUT2D eigenvalue weighted by atomic mass is 16.3. The summed E-state index contributed by atoms with van der Waals surface area (Å²) in [5, 5.41) is 10.00. The number of ketones is 1. The summed E-state index contributed by atoms with van der Waals surface area (Å²) in [6.07, 6.45) is 4.51. The second-order valence-corrected chi connectivity index (χ2v) is 5.44. The summed E-state index contributed by atoms with van der Waals surface area (Å²) in [4.78, 5) is 14.2. The molecule has 1 aliphatic rings. The third-order valence-electron chi connectivity index (χ3n) is 4.05. The van der Waals surface area contributed by atoms with Gasteiger partial charge in [-0.05, 0) is 19.9 Å². The fourth-order valence-electron chi connectivity index (χ4n) is 2.82. The van der Waals surface area contributed by atoms with Crippen LogP contribution in [0.3, 0.4) is 0 Å². The van der Waals surface area contributed by atoms with Crippen molar-refractivity contribution in [2.24, 2.45) is 0 Å². The van der Waals surface area contributed by atoms with Gasteiger partial charge in [-0.2, -0.15) is 0 Å². The molecule has 19 heavy (non-hydrogen) atoms. The highest BCUT2D eigenvalue weighted by Gasteiger charge is 2.26. The van der Waals surface area contributed by atoms with Crippen LogP contribution in [0.4, 0.5) is 0 Å². The fraction of sp³-hybridized carbons (Fsp3) is 0.562. The molecule has 0 spiro atoms. The first-order valence-corrected chi connectivity index (χ1v) is 7.15. The molecular formula is C16H23NO2.